The molecule has 4 heteroatoms. The van der Waals surface area contributed by atoms with Crippen molar-refractivity contribution in [2.45, 2.75) is 32.6 Å². The van der Waals surface area contributed by atoms with Crippen molar-refractivity contribution in [3.8, 4) is 0 Å². The molecule has 0 bridgehead atoms. The van der Waals surface area contributed by atoms with Crippen LogP contribution in [0.5, 0.6) is 0 Å². The number of nitrogens with zero attached hydrogens (tertiary/aromatic N) is 2. The zero-order chi connectivity index (χ0) is 8.10. The molecule has 0 aliphatic carbocycles. The van der Waals surface area contributed by atoms with Crippen molar-refractivity contribution in [2.24, 2.45) is 0 Å². The van der Waals surface area contributed by atoms with Gasteiger partial charge >= 0.3 is 0 Å². The highest BCUT2D eigenvalue weighted by Gasteiger charge is 2.02. The lowest BCUT2D eigenvalue weighted by molar-refractivity contribution is 0.709. The van der Waals surface area contributed by atoms with Gasteiger partial charge in [0, 0.05) is 0 Å². The van der Waals surface area contributed by atoms with Crippen LogP contribution in [-0.2, 0) is 6.42 Å². The number of hydrogen-bond donors (Lipinski definition) is 0. The van der Waals surface area contributed by atoms with E-state index in [-0.39, 0.29) is 0 Å². The number of rotatable bonds is 4. The lowest BCUT2D eigenvalue weighted by Crippen LogP contribution is -1.85. The van der Waals surface area contributed by atoms with Gasteiger partial charge in [0.2, 0.25) is 0 Å². The van der Waals surface area contributed by atoms with Gasteiger partial charge in [0.15, 0.2) is 0 Å². The van der Waals surface area contributed by atoms with Crippen molar-refractivity contribution in [2.75, 3.05) is 0 Å². The zero-order valence-corrected chi connectivity index (χ0v) is 8.91. The van der Waals surface area contributed by atoms with E-state index in [1.165, 1.54) is 31.0 Å². The first-order valence-electron chi connectivity index (χ1n) is 3.81. The molecule has 0 saturated heterocycles. The van der Waals surface area contributed by atoms with Crippen LogP contribution in [0, 0.1) is 0 Å². The topological polar surface area (TPSA) is 25.8 Å². The van der Waals surface area contributed by atoms with Crippen molar-refractivity contribution in [1.29, 1.82) is 0 Å². The number of unbranched alkanes of at least 4 members (excludes halogenated alkanes) is 2. The van der Waals surface area contributed by atoms with Gasteiger partial charge in [-0.3, -0.25) is 0 Å². The zero-order valence-electron chi connectivity index (χ0n) is 6.51. The second kappa shape index (κ2) is 4.83. The standard InChI is InChI=1S/C7H11BrN2S/c1-2-3-4-5-6-7(8)10-11-9-6/h2-5H2,1H3. The first-order chi connectivity index (χ1) is 5.34. The van der Waals surface area contributed by atoms with E-state index in [0.29, 0.717) is 0 Å². The molecular formula is C7H11BrN2S. The Kier molecular flexibility index (Phi) is 4.01. The number of aromatic nitrogens is 2. The van der Waals surface area contributed by atoms with Gasteiger partial charge in [0.25, 0.3) is 0 Å². The van der Waals surface area contributed by atoms with Gasteiger partial charge in [-0.1, -0.05) is 19.8 Å². The molecule has 0 unspecified atom stereocenters. The van der Waals surface area contributed by atoms with Gasteiger partial charge in [0.05, 0.1) is 17.4 Å². The van der Waals surface area contributed by atoms with E-state index in [1.807, 2.05) is 0 Å². The average molecular weight is 235 g/mol. The summed E-state index contributed by atoms with van der Waals surface area (Å²) in [5, 5.41) is 0. The Morgan fingerprint density at radius 1 is 1.36 bits per heavy atom. The van der Waals surface area contributed by atoms with E-state index >= 15 is 0 Å². The predicted octanol–water partition coefficient (Wildman–Crippen LogP) is 3.03. The van der Waals surface area contributed by atoms with Crippen LogP contribution in [0.25, 0.3) is 0 Å². The molecule has 2 nitrogen and oxygen atoms in total. The van der Waals surface area contributed by atoms with E-state index in [1.54, 1.807) is 0 Å². The third-order valence-corrected chi connectivity index (χ3v) is 2.96. The summed E-state index contributed by atoms with van der Waals surface area (Å²) in [5.74, 6) is 0. The van der Waals surface area contributed by atoms with Gasteiger partial charge in [-0.15, -0.1) is 0 Å². The second-order valence-electron chi connectivity index (χ2n) is 2.46. The molecule has 62 valence electrons. The monoisotopic (exact) mass is 234 g/mol. The summed E-state index contributed by atoms with van der Waals surface area (Å²) in [7, 11) is 0. The fourth-order valence-electron chi connectivity index (χ4n) is 0.887. The smallest absolute Gasteiger partial charge is 0.143 e. The van der Waals surface area contributed by atoms with Crippen molar-refractivity contribution in [1.82, 2.24) is 8.75 Å². The third-order valence-electron chi connectivity index (χ3n) is 1.53. The maximum atomic E-state index is 4.17. The highest BCUT2D eigenvalue weighted by atomic mass is 79.9. The lowest BCUT2D eigenvalue weighted by Gasteiger charge is -1.93. The first kappa shape index (κ1) is 9.13. The van der Waals surface area contributed by atoms with E-state index < -0.39 is 0 Å². The summed E-state index contributed by atoms with van der Waals surface area (Å²) in [4.78, 5) is 0. The largest absolute Gasteiger partial charge is 0.177 e. The molecule has 0 fully saturated rings. The maximum absolute atomic E-state index is 4.17. The lowest BCUT2D eigenvalue weighted by atomic mass is 10.2. The molecule has 0 aliphatic rings. The minimum absolute atomic E-state index is 0.929. The Bertz CT molecular complexity index is 212. The second-order valence-corrected chi connectivity index (χ2v) is 3.74. The molecule has 0 radical (unpaired) electrons. The normalized spacial score (nSPS) is 10.4. The Morgan fingerprint density at radius 3 is 2.73 bits per heavy atom. The molecular weight excluding hydrogens is 224 g/mol. The maximum Gasteiger partial charge on any atom is 0.143 e. The summed E-state index contributed by atoms with van der Waals surface area (Å²) in [6, 6.07) is 0. The van der Waals surface area contributed by atoms with E-state index in [2.05, 4.69) is 31.6 Å². The van der Waals surface area contributed by atoms with Gasteiger partial charge in [-0.2, -0.15) is 8.75 Å². The SMILES string of the molecule is CCCCCc1nsnc1Br. The average Bonchev–Trinajstić information content (AvgIpc) is 2.37. The molecule has 0 aliphatic heterocycles. The molecule has 0 spiro atoms. The number of halogens is 1. The van der Waals surface area contributed by atoms with Crippen LogP contribution in [0.2, 0.25) is 0 Å². The molecule has 1 rings (SSSR count). The molecule has 1 heterocycles. The molecule has 1 aromatic heterocycles. The van der Waals surface area contributed by atoms with Crippen LogP contribution in [-0.4, -0.2) is 8.75 Å². The van der Waals surface area contributed by atoms with Gasteiger partial charge < -0.3 is 0 Å². The van der Waals surface area contributed by atoms with E-state index in [9.17, 15) is 0 Å². The van der Waals surface area contributed by atoms with Crippen molar-refractivity contribution >= 4 is 27.7 Å². The molecule has 0 aromatic carbocycles. The quantitative estimate of drug-likeness (QED) is 0.749. The summed E-state index contributed by atoms with van der Waals surface area (Å²) in [5.41, 5.74) is 1.11. The van der Waals surface area contributed by atoms with Crippen LogP contribution in [0.1, 0.15) is 31.9 Å². The molecule has 0 saturated carbocycles. The van der Waals surface area contributed by atoms with E-state index in [0.717, 1.165) is 16.7 Å². The molecule has 0 amide bonds. The van der Waals surface area contributed by atoms with Crippen molar-refractivity contribution in [3.05, 3.63) is 10.3 Å². The fourth-order valence-corrected chi connectivity index (χ4v) is 1.98. The Morgan fingerprint density at radius 2 is 2.18 bits per heavy atom. The Balaban J connectivity index is 2.32. The van der Waals surface area contributed by atoms with Crippen LogP contribution >= 0.6 is 27.7 Å². The van der Waals surface area contributed by atoms with Gasteiger partial charge in [-0.05, 0) is 28.8 Å². The molecule has 11 heavy (non-hydrogen) atoms. The van der Waals surface area contributed by atoms with Crippen LogP contribution in [0.3, 0.4) is 0 Å². The van der Waals surface area contributed by atoms with Crippen LogP contribution in [0.15, 0.2) is 4.60 Å². The fraction of sp³-hybridized carbons (Fsp3) is 0.714. The summed E-state index contributed by atoms with van der Waals surface area (Å²) >= 11 is 4.63. The highest BCUT2D eigenvalue weighted by molar-refractivity contribution is 9.10. The highest BCUT2D eigenvalue weighted by Crippen LogP contribution is 2.15. The summed E-state index contributed by atoms with van der Waals surface area (Å²) in [6.07, 6.45) is 4.82. The Labute approximate surface area is 79.5 Å². The number of aryl methyl sites for hydroxylation is 1. The van der Waals surface area contributed by atoms with Crippen LogP contribution in [0.4, 0.5) is 0 Å². The minimum Gasteiger partial charge on any atom is -0.177 e. The molecule has 0 atom stereocenters. The summed E-state index contributed by atoms with van der Waals surface area (Å²) in [6.45, 7) is 2.20. The number of hydrogen-bond acceptors (Lipinski definition) is 3. The molecule has 1 aromatic rings. The predicted molar refractivity (Wildman–Crippen MR) is 50.8 cm³/mol. The van der Waals surface area contributed by atoms with Gasteiger partial charge in [0.1, 0.15) is 4.60 Å². The van der Waals surface area contributed by atoms with Crippen molar-refractivity contribution in [3.63, 3.8) is 0 Å². The van der Waals surface area contributed by atoms with E-state index in [4.69, 9.17) is 0 Å². The summed E-state index contributed by atoms with van der Waals surface area (Å²) < 4.78 is 9.14. The first-order valence-corrected chi connectivity index (χ1v) is 5.34. The van der Waals surface area contributed by atoms with Gasteiger partial charge in [-0.25, -0.2) is 0 Å². The molecule has 0 N–H and O–H groups in total. The Hall–Kier alpha value is 0.0400. The van der Waals surface area contributed by atoms with Crippen molar-refractivity contribution < 1.29 is 0 Å². The third kappa shape index (κ3) is 2.87. The van der Waals surface area contributed by atoms with Crippen LogP contribution < -0.4 is 0 Å². The minimum atomic E-state index is 0.929.